The van der Waals surface area contributed by atoms with Crippen molar-refractivity contribution in [2.24, 2.45) is 0 Å². The van der Waals surface area contributed by atoms with E-state index < -0.39 is 0 Å². The Kier molecular flexibility index (Phi) is 5.18. The fourth-order valence-corrected chi connectivity index (χ4v) is 2.59. The lowest BCUT2D eigenvalue weighted by molar-refractivity contribution is 0.0945. The Labute approximate surface area is 146 Å². The van der Waals surface area contributed by atoms with E-state index in [1.807, 2.05) is 36.4 Å². The summed E-state index contributed by atoms with van der Waals surface area (Å²) < 4.78 is 15.7. The van der Waals surface area contributed by atoms with Crippen LogP contribution in [0.25, 0.3) is 5.57 Å². The Morgan fingerprint density at radius 2 is 1.96 bits per heavy atom. The topological polar surface area (TPSA) is 73.6 Å². The number of hydrogen-bond donors (Lipinski definition) is 1. The van der Waals surface area contributed by atoms with Crippen LogP contribution in [0.5, 0.6) is 11.5 Å². The maximum absolute atomic E-state index is 12.2. The van der Waals surface area contributed by atoms with Gasteiger partial charge in [0.15, 0.2) is 11.5 Å². The number of nitrogens with zero attached hydrogens (tertiary/aromatic N) is 1. The van der Waals surface area contributed by atoms with Gasteiger partial charge >= 0.3 is 0 Å². The molecule has 0 saturated heterocycles. The number of methoxy groups -OCH3 is 2. The molecule has 0 radical (unpaired) electrons. The Bertz CT molecular complexity index is 798. The Balaban J connectivity index is 1.56. The lowest BCUT2D eigenvalue weighted by atomic mass is 10.1. The minimum Gasteiger partial charge on any atom is -0.497 e. The Hall–Kier alpha value is -3.02. The molecular weight excluding hydrogens is 320 g/mol. The van der Waals surface area contributed by atoms with Crippen molar-refractivity contribution in [2.45, 2.75) is 12.8 Å². The van der Waals surface area contributed by atoms with Gasteiger partial charge in [-0.3, -0.25) is 4.79 Å². The number of ether oxygens (including phenoxy) is 2. The van der Waals surface area contributed by atoms with Crippen molar-refractivity contribution in [2.75, 3.05) is 20.8 Å². The molecular formula is C19H20N2O4. The smallest absolute Gasteiger partial charge is 0.273 e. The third-order valence-corrected chi connectivity index (χ3v) is 3.94. The second-order valence-electron chi connectivity index (χ2n) is 5.63. The zero-order chi connectivity index (χ0) is 17.6. The van der Waals surface area contributed by atoms with Crippen molar-refractivity contribution < 1.29 is 18.8 Å². The van der Waals surface area contributed by atoms with Crippen molar-refractivity contribution in [1.82, 2.24) is 10.5 Å². The van der Waals surface area contributed by atoms with Gasteiger partial charge in [-0.25, -0.2) is 0 Å². The van der Waals surface area contributed by atoms with Crippen molar-refractivity contribution in [3.63, 3.8) is 0 Å². The molecule has 6 nitrogen and oxygen atoms in total. The maximum Gasteiger partial charge on any atom is 0.273 e. The number of carbonyl (C=O) groups excluding carboxylic acids is 1. The van der Waals surface area contributed by atoms with Crippen LogP contribution in [0.15, 0.2) is 47.0 Å². The second-order valence-corrected chi connectivity index (χ2v) is 5.63. The van der Waals surface area contributed by atoms with Crippen molar-refractivity contribution >= 4 is 11.5 Å². The molecule has 25 heavy (non-hydrogen) atoms. The van der Waals surface area contributed by atoms with E-state index >= 15 is 0 Å². The van der Waals surface area contributed by atoms with Gasteiger partial charge in [-0.15, -0.1) is 0 Å². The van der Waals surface area contributed by atoms with E-state index in [1.54, 1.807) is 20.3 Å². The molecule has 0 atom stereocenters. The lowest BCUT2D eigenvalue weighted by Crippen LogP contribution is -2.25. The number of rotatable bonds is 7. The quantitative estimate of drug-likeness (QED) is 0.839. The molecule has 0 fully saturated rings. The number of hydrogen-bond acceptors (Lipinski definition) is 5. The number of benzene rings is 1. The van der Waals surface area contributed by atoms with E-state index in [-0.39, 0.29) is 11.6 Å². The summed E-state index contributed by atoms with van der Waals surface area (Å²) in [6.07, 6.45) is 7.39. The molecule has 0 unspecified atom stereocenters. The minimum absolute atomic E-state index is 0.253. The van der Waals surface area contributed by atoms with Gasteiger partial charge in [0.1, 0.15) is 11.5 Å². The van der Waals surface area contributed by atoms with Crippen LogP contribution in [0.2, 0.25) is 0 Å². The zero-order valence-corrected chi connectivity index (χ0v) is 14.2. The van der Waals surface area contributed by atoms with Crippen LogP contribution in [0.3, 0.4) is 0 Å². The largest absolute Gasteiger partial charge is 0.497 e. The fourth-order valence-electron chi connectivity index (χ4n) is 2.59. The molecule has 1 heterocycles. The van der Waals surface area contributed by atoms with Crippen molar-refractivity contribution in [3.05, 3.63) is 59.5 Å². The van der Waals surface area contributed by atoms with Crippen LogP contribution < -0.4 is 14.8 Å². The zero-order valence-electron chi connectivity index (χ0n) is 14.2. The summed E-state index contributed by atoms with van der Waals surface area (Å²) in [6.45, 7) is 0.474. The summed E-state index contributed by atoms with van der Waals surface area (Å²) >= 11 is 0. The highest BCUT2D eigenvalue weighted by Crippen LogP contribution is 2.24. The molecule has 6 heteroatoms. The third kappa shape index (κ3) is 4.09. The molecule has 0 bridgehead atoms. The molecule has 1 aliphatic carbocycles. The van der Waals surface area contributed by atoms with Gasteiger partial charge in [0, 0.05) is 24.3 Å². The molecule has 1 aromatic heterocycles. The summed E-state index contributed by atoms with van der Waals surface area (Å²) in [5, 5.41) is 6.69. The summed E-state index contributed by atoms with van der Waals surface area (Å²) in [5.41, 5.74) is 2.32. The van der Waals surface area contributed by atoms with Gasteiger partial charge < -0.3 is 19.3 Å². The number of amides is 1. The first-order chi connectivity index (χ1) is 12.2. The molecule has 1 amide bonds. The number of nitrogens with one attached hydrogen (secondary N) is 1. The second kappa shape index (κ2) is 7.70. The molecule has 3 rings (SSSR count). The van der Waals surface area contributed by atoms with Gasteiger partial charge in [0.25, 0.3) is 5.91 Å². The number of allylic oxidation sites excluding steroid dienone is 4. The van der Waals surface area contributed by atoms with Gasteiger partial charge in [-0.05, 0) is 30.5 Å². The fraction of sp³-hybridized carbons (Fsp3) is 0.263. The van der Waals surface area contributed by atoms with Crippen LogP contribution in [-0.4, -0.2) is 31.8 Å². The Morgan fingerprint density at radius 3 is 2.60 bits per heavy atom. The summed E-state index contributed by atoms with van der Waals surface area (Å²) in [7, 11) is 3.22. The first-order valence-electron chi connectivity index (χ1n) is 8.02. The summed E-state index contributed by atoms with van der Waals surface area (Å²) in [4.78, 5) is 12.2. The SMILES string of the molecule is COc1cc(CCNC(=O)c2cc(C3=CC=CC3)on2)cc(OC)c1. The van der Waals surface area contributed by atoms with Crippen molar-refractivity contribution in [3.8, 4) is 11.5 Å². The highest BCUT2D eigenvalue weighted by Gasteiger charge is 2.15. The van der Waals surface area contributed by atoms with Crippen LogP contribution in [-0.2, 0) is 6.42 Å². The molecule has 1 aliphatic rings. The summed E-state index contributed by atoms with van der Waals surface area (Å²) in [5.74, 6) is 1.82. The average Bonchev–Trinajstić information content (AvgIpc) is 3.32. The van der Waals surface area contributed by atoms with Crippen LogP contribution in [0.4, 0.5) is 0 Å². The number of aromatic nitrogens is 1. The van der Waals surface area contributed by atoms with E-state index in [1.165, 1.54) is 0 Å². The standard InChI is InChI=1S/C19H20N2O4/c1-23-15-9-13(10-16(11-15)24-2)7-8-20-19(22)17-12-18(25-21-17)14-5-3-4-6-14/h3-5,9-12H,6-8H2,1-2H3,(H,20,22). The summed E-state index contributed by atoms with van der Waals surface area (Å²) in [6, 6.07) is 7.32. The monoisotopic (exact) mass is 340 g/mol. The van der Waals surface area contributed by atoms with Crippen LogP contribution >= 0.6 is 0 Å². The van der Waals surface area contributed by atoms with E-state index in [4.69, 9.17) is 14.0 Å². The average molecular weight is 340 g/mol. The van der Waals surface area contributed by atoms with Gasteiger partial charge in [0.05, 0.1) is 14.2 Å². The Morgan fingerprint density at radius 1 is 1.20 bits per heavy atom. The maximum atomic E-state index is 12.2. The van der Waals surface area contributed by atoms with Crippen LogP contribution in [0.1, 0.15) is 28.2 Å². The van der Waals surface area contributed by atoms with Crippen molar-refractivity contribution in [1.29, 1.82) is 0 Å². The molecule has 2 aromatic rings. The molecule has 1 aromatic carbocycles. The predicted octanol–water partition coefficient (Wildman–Crippen LogP) is 3.01. The predicted molar refractivity (Wildman–Crippen MR) is 93.8 cm³/mol. The first-order valence-corrected chi connectivity index (χ1v) is 8.02. The highest BCUT2D eigenvalue weighted by molar-refractivity contribution is 5.92. The van der Waals surface area contributed by atoms with E-state index in [2.05, 4.69) is 10.5 Å². The highest BCUT2D eigenvalue weighted by atomic mass is 16.5. The number of carbonyl (C=O) groups is 1. The van der Waals surface area contributed by atoms with Crippen LogP contribution in [0, 0.1) is 0 Å². The third-order valence-electron chi connectivity index (χ3n) is 3.94. The first kappa shape index (κ1) is 16.8. The molecule has 0 spiro atoms. The van der Waals surface area contributed by atoms with E-state index in [0.717, 1.165) is 29.1 Å². The molecule has 0 saturated carbocycles. The molecule has 0 aliphatic heterocycles. The molecule has 130 valence electrons. The van der Waals surface area contributed by atoms with Gasteiger partial charge in [-0.1, -0.05) is 23.4 Å². The molecule has 1 N–H and O–H groups in total. The van der Waals surface area contributed by atoms with Gasteiger partial charge in [0.2, 0.25) is 0 Å². The van der Waals surface area contributed by atoms with E-state index in [0.29, 0.717) is 18.7 Å². The van der Waals surface area contributed by atoms with E-state index in [9.17, 15) is 4.79 Å². The lowest BCUT2D eigenvalue weighted by Gasteiger charge is -2.08. The van der Waals surface area contributed by atoms with Gasteiger partial charge in [-0.2, -0.15) is 0 Å². The normalized spacial score (nSPS) is 12.8. The minimum atomic E-state index is -0.253.